The lowest BCUT2D eigenvalue weighted by molar-refractivity contribution is -0.117. The molecule has 1 amide bonds. The minimum atomic E-state index is 0.00982. The Morgan fingerprint density at radius 2 is 2.18 bits per heavy atom. The SMILES string of the molecule is CCC(C)CC(=O)Nc1c(N)cc(C)cc1Br. The summed E-state index contributed by atoms with van der Waals surface area (Å²) in [4.78, 5) is 11.8. The Bertz CT molecular complexity index is 395. The fourth-order valence-electron chi connectivity index (χ4n) is 1.55. The van der Waals surface area contributed by atoms with Crippen molar-refractivity contribution in [1.29, 1.82) is 0 Å². The Kier molecular flexibility index (Phi) is 5.00. The summed E-state index contributed by atoms with van der Waals surface area (Å²) < 4.78 is 0.826. The molecule has 3 N–H and O–H groups in total. The van der Waals surface area contributed by atoms with Crippen LogP contribution in [0, 0.1) is 12.8 Å². The maximum Gasteiger partial charge on any atom is 0.224 e. The Labute approximate surface area is 111 Å². The van der Waals surface area contributed by atoms with Crippen LogP contribution >= 0.6 is 15.9 Å². The first-order chi connectivity index (χ1) is 7.93. The third-order valence-electron chi connectivity index (χ3n) is 2.76. The molecule has 1 aromatic rings. The number of nitrogens with one attached hydrogen (secondary N) is 1. The van der Waals surface area contributed by atoms with Gasteiger partial charge in [0.25, 0.3) is 0 Å². The van der Waals surface area contributed by atoms with Crippen molar-refractivity contribution in [3.05, 3.63) is 22.2 Å². The van der Waals surface area contributed by atoms with E-state index in [0.29, 0.717) is 23.7 Å². The number of benzene rings is 1. The molecule has 0 saturated carbocycles. The third kappa shape index (κ3) is 4.04. The second kappa shape index (κ2) is 6.05. The van der Waals surface area contributed by atoms with Gasteiger partial charge in [-0.3, -0.25) is 4.79 Å². The van der Waals surface area contributed by atoms with Crippen LogP contribution in [-0.4, -0.2) is 5.91 Å². The summed E-state index contributed by atoms with van der Waals surface area (Å²) in [6.45, 7) is 6.10. The Morgan fingerprint density at radius 1 is 1.53 bits per heavy atom. The summed E-state index contributed by atoms with van der Waals surface area (Å²) in [7, 11) is 0. The van der Waals surface area contributed by atoms with Crippen LogP contribution in [0.25, 0.3) is 0 Å². The third-order valence-corrected chi connectivity index (χ3v) is 3.39. The van der Waals surface area contributed by atoms with E-state index in [4.69, 9.17) is 5.73 Å². The smallest absolute Gasteiger partial charge is 0.224 e. The van der Waals surface area contributed by atoms with Gasteiger partial charge in [-0.25, -0.2) is 0 Å². The van der Waals surface area contributed by atoms with Crippen LogP contribution in [0.2, 0.25) is 0 Å². The first-order valence-corrected chi connectivity index (χ1v) is 6.58. The molecule has 17 heavy (non-hydrogen) atoms. The molecule has 3 nitrogen and oxygen atoms in total. The monoisotopic (exact) mass is 298 g/mol. The minimum Gasteiger partial charge on any atom is -0.397 e. The van der Waals surface area contributed by atoms with Crippen molar-refractivity contribution >= 4 is 33.2 Å². The van der Waals surface area contributed by atoms with Gasteiger partial charge in [0.2, 0.25) is 5.91 Å². The number of hydrogen-bond acceptors (Lipinski definition) is 2. The average Bonchev–Trinajstić information content (AvgIpc) is 2.23. The number of nitrogen functional groups attached to an aromatic ring is 1. The van der Waals surface area contributed by atoms with Gasteiger partial charge in [-0.1, -0.05) is 20.3 Å². The van der Waals surface area contributed by atoms with Gasteiger partial charge in [-0.15, -0.1) is 0 Å². The minimum absolute atomic E-state index is 0.00982. The number of carbonyl (C=O) groups excluding carboxylic acids is 1. The zero-order valence-electron chi connectivity index (χ0n) is 10.5. The second-order valence-corrected chi connectivity index (χ2v) is 5.33. The maximum absolute atomic E-state index is 11.8. The molecule has 0 aromatic heterocycles. The molecular weight excluding hydrogens is 280 g/mol. The molecular formula is C13H19BrN2O. The molecule has 0 heterocycles. The molecule has 1 unspecified atom stereocenters. The highest BCUT2D eigenvalue weighted by Crippen LogP contribution is 2.30. The molecule has 0 aliphatic heterocycles. The topological polar surface area (TPSA) is 55.1 Å². The van der Waals surface area contributed by atoms with Crippen LogP contribution in [0.3, 0.4) is 0 Å². The Balaban J connectivity index is 2.78. The molecule has 0 aliphatic carbocycles. The van der Waals surface area contributed by atoms with Crippen molar-refractivity contribution in [2.75, 3.05) is 11.1 Å². The van der Waals surface area contributed by atoms with Crippen molar-refractivity contribution in [1.82, 2.24) is 0 Å². The molecule has 0 bridgehead atoms. The summed E-state index contributed by atoms with van der Waals surface area (Å²) >= 11 is 3.41. The summed E-state index contributed by atoms with van der Waals surface area (Å²) in [5.74, 6) is 0.399. The Hall–Kier alpha value is -1.03. The number of rotatable bonds is 4. The van der Waals surface area contributed by atoms with Crippen molar-refractivity contribution in [2.24, 2.45) is 5.92 Å². The largest absolute Gasteiger partial charge is 0.397 e. The summed E-state index contributed by atoms with van der Waals surface area (Å²) in [5.41, 5.74) is 8.22. The number of aryl methyl sites for hydroxylation is 1. The molecule has 0 spiro atoms. The highest BCUT2D eigenvalue weighted by Gasteiger charge is 2.11. The van der Waals surface area contributed by atoms with E-state index < -0.39 is 0 Å². The van der Waals surface area contributed by atoms with Gasteiger partial charge in [0.05, 0.1) is 11.4 Å². The van der Waals surface area contributed by atoms with E-state index in [9.17, 15) is 4.79 Å². The highest BCUT2D eigenvalue weighted by atomic mass is 79.9. The van der Waals surface area contributed by atoms with Crippen molar-refractivity contribution in [3.8, 4) is 0 Å². The van der Waals surface area contributed by atoms with Crippen molar-refractivity contribution < 1.29 is 4.79 Å². The summed E-state index contributed by atoms with van der Waals surface area (Å²) in [6.07, 6.45) is 1.52. The lowest BCUT2D eigenvalue weighted by Crippen LogP contribution is -2.16. The predicted octanol–water partition coefficient (Wildman–Crippen LogP) is 3.71. The molecule has 1 rings (SSSR count). The van der Waals surface area contributed by atoms with Gasteiger partial charge in [0.1, 0.15) is 0 Å². The van der Waals surface area contributed by atoms with E-state index in [2.05, 4.69) is 35.1 Å². The Morgan fingerprint density at radius 3 is 2.71 bits per heavy atom. The van der Waals surface area contributed by atoms with Crippen LogP contribution in [0.4, 0.5) is 11.4 Å². The number of anilines is 2. The van der Waals surface area contributed by atoms with Crippen molar-refractivity contribution in [3.63, 3.8) is 0 Å². The average molecular weight is 299 g/mol. The zero-order chi connectivity index (χ0) is 13.0. The van der Waals surface area contributed by atoms with E-state index in [0.717, 1.165) is 16.5 Å². The number of carbonyl (C=O) groups is 1. The molecule has 0 radical (unpaired) electrons. The van der Waals surface area contributed by atoms with Crippen LogP contribution < -0.4 is 11.1 Å². The summed E-state index contributed by atoms with van der Waals surface area (Å²) in [6, 6.07) is 3.79. The highest BCUT2D eigenvalue weighted by molar-refractivity contribution is 9.10. The standard InChI is InChI=1S/C13H19BrN2O/c1-4-8(2)7-12(17)16-13-10(14)5-9(3)6-11(13)15/h5-6,8H,4,7,15H2,1-3H3,(H,16,17). The molecule has 0 saturated heterocycles. The molecule has 94 valence electrons. The zero-order valence-corrected chi connectivity index (χ0v) is 12.1. The predicted molar refractivity (Wildman–Crippen MR) is 76.0 cm³/mol. The van der Waals surface area contributed by atoms with Gasteiger partial charge in [0.15, 0.2) is 0 Å². The normalized spacial score (nSPS) is 12.2. The number of halogens is 1. The lowest BCUT2D eigenvalue weighted by atomic mass is 10.0. The van der Waals surface area contributed by atoms with E-state index in [1.807, 2.05) is 19.1 Å². The van der Waals surface area contributed by atoms with E-state index in [1.165, 1.54) is 0 Å². The second-order valence-electron chi connectivity index (χ2n) is 4.48. The van der Waals surface area contributed by atoms with Crippen molar-refractivity contribution in [2.45, 2.75) is 33.6 Å². The molecule has 0 fully saturated rings. The van der Waals surface area contributed by atoms with Crippen LogP contribution in [0.1, 0.15) is 32.3 Å². The van der Waals surface area contributed by atoms with Gasteiger partial charge in [-0.2, -0.15) is 0 Å². The van der Waals surface area contributed by atoms with Gasteiger partial charge in [-0.05, 0) is 46.5 Å². The van der Waals surface area contributed by atoms with Crippen LogP contribution in [-0.2, 0) is 4.79 Å². The van der Waals surface area contributed by atoms with E-state index in [-0.39, 0.29) is 5.91 Å². The van der Waals surface area contributed by atoms with Gasteiger partial charge >= 0.3 is 0 Å². The fourth-order valence-corrected chi connectivity index (χ4v) is 2.24. The molecule has 1 aromatic carbocycles. The molecule has 4 heteroatoms. The van der Waals surface area contributed by atoms with E-state index in [1.54, 1.807) is 0 Å². The number of amides is 1. The van der Waals surface area contributed by atoms with Crippen LogP contribution in [0.15, 0.2) is 16.6 Å². The van der Waals surface area contributed by atoms with Gasteiger partial charge in [0, 0.05) is 10.9 Å². The number of nitrogens with two attached hydrogens (primary N) is 1. The van der Waals surface area contributed by atoms with Gasteiger partial charge < -0.3 is 11.1 Å². The lowest BCUT2D eigenvalue weighted by Gasteiger charge is -2.13. The first-order valence-electron chi connectivity index (χ1n) is 5.79. The quantitative estimate of drug-likeness (QED) is 0.833. The first kappa shape index (κ1) is 14.0. The van der Waals surface area contributed by atoms with Crippen LogP contribution in [0.5, 0.6) is 0 Å². The summed E-state index contributed by atoms with van der Waals surface area (Å²) in [5, 5.41) is 2.86. The number of hydrogen-bond donors (Lipinski definition) is 2. The van der Waals surface area contributed by atoms with E-state index >= 15 is 0 Å². The molecule has 0 aliphatic rings. The molecule has 1 atom stereocenters. The maximum atomic E-state index is 11.8. The fraction of sp³-hybridized carbons (Fsp3) is 0.462.